The molecule has 0 aliphatic carbocycles. The molecule has 0 atom stereocenters. The first-order valence-electron chi connectivity index (χ1n) is 5.18. The van der Waals surface area contributed by atoms with E-state index < -0.39 is 5.91 Å². The van der Waals surface area contributed by atoms with Gasteiger partial charge in [-0.3, -0.25) is 4.79 Å². The van der Waals surface area contributed by atoms with Gasteiger partial charge in [0.25, 0.3) is 5.91 Å². The van der Waals surface area contributed by atoms with Gasteiger partial charge in [0, 0.05) is 13.7 Å². The summed E-state index contributed by atoms with van der Waals surface area (Å²) in [6.07, 6.45) is 0. The van der Waals surface area contributed by atoms with E-state index in [4.69, 9.17) is 15.2 Å². The molecule has 0 aromatic carbocycles. The molecule has 0 saturated heterocycles. The van der Waals surface area contributed by atoms with E-state index in [1.54, 1.807) is 13.2 Å². The monoisotopic (exact) mass is 240 g/mol. The Bertz CT molecular complexity index is 342. The smallest absolute Gasteiger partial charge is 0.269 e. The van der Waals surface area contributed by atoms with Crippen molar-refractivity contribution in [3.05, 3.63) is 17.8 Å². The molecule has 17 heavy (non-hydrogen) atoms. The van der Waals surface area contributed by atoms with E-state index in [9.17, 15) is 4.79 Å². The van der Waals surface area contributed by atoms with Crippen LogP contribution in [0.5, 0.6) is 0 Å². The second-order valence-electron chi connectivity index (χ2n) is 3.20. The maximum Gasteiger partial charge on any atom is 0.269 e. The number of rotatable bonds is 8. The van der Waals surface area contributed by atoms with Crippen LogP contribution in [0.3, 0.4) is 0 Å². The summed E-state index contributed by atoms with van der Waals surface area (Å²) in [5.74, 6) is -0.0164. The van der Waals surface area contributed by atoms with Gasteiger partial charge < -0.3 is 20.5 Å². The topological polar surface area (TPSA) is 99.4 Å². The van der Waals surface area contributed by atoms with Crippen molar-refractivity contribution >= 4 is 11.7 Å². The standard InChI is InChI=1S/C10H16N4O3/c1-16-6-7-17-5-4-12-9-3-2-8(10(11)15)13-14-9/h2-3H,4-7H2,1H3,(H2,11,15)(H,12,14). The minimum Gasteiger partial charge on any atom is -0.382 e. The van der Waals surface area contributed by atoms with Gasteiger partial charge in [0.15, 0.2) is 5.69 Å². The van der Waals surface area contributed by atoms with Crippen LogP contribution >= 0.6 is 0 Å². The van der Waals surface area contributed by atoms with Crippen molar-refractivity contribution in [2.75, 3.05) is 38.8 Å². The Morgan fingerprint density at radius 2 is 2.18 bits per heavy atom. The number of nitrogens with zero attached hydrogens (tertiary/aromatic N) is 2. The number of carbonyl (C=O) groups excluding carboxylic acids is 1. The molecule has 1 aromatic rings. The number of nitrogens with one attached hydrogen (secondary N) is 1. The SMILES string of the molecule is COCCOCCNc1ccc(C(N)=O)nn1. The Morgan fingerprint density at radius 3 is 2.76 bits per heavy atom. The highest BCUT2D eigenvalue weighted by molar-refractivity contribution is 5.90. The summed E-state index contributed by atoms with van der Waals surface area (Å²) in [6.45, 7) is 2.29. The van der Waals surface area contributed by atoms with Crippen LogP contribution in [0.25, 0.3) is 0 Å². The number of hydrogen-bond donors (Lipinski definition) is 2. The number of nitrogens with two attached hydrogens (primary N) is 1. The molecule has 0 spiro atoms. The van der Waals surface area contributed by atoms with Crippen LogP contribution in [-0.2, 0) is 9.47 Å². The zero-order valence-electron chi connectivity index (χ0n) is 9.68. The normalized spacial score (nSPS) is 10.2. The number of carbonyl (C=O) groups is 1. The Morgan fingerprint density at radius 1 is 1.35 bits per heavy atom. The van der Waals surface area contributed by atoms with Gasteiger partial charge in [0.2, 0.25) is 0 Å². The fourth-order valence-corrected chi connectivity index (χ4v) is 1.05. The largest absolute Gasteiger partial charge is 0.382 e. The van der Waals surface area contributed by atoms with E-state index in [2.05, 4.69) is 15.5 Å². The van der Waals surface area contributed by atoms with Crippen LogP contribution in [0.4, 0.5) is 5.82 Å². The first kappa shape index (κ1) is 13.3. The molecule has 0 aliphatic heterocycles. The summed E-state index contributed by atoms with van der Waals surface area (Å²) >= 11 is 0. The van der Waals surface area contributed by atoms with Crippen molar-refractivity contribution in [2.24, 2.45) is 5.73 Å². The van der Waals surface area contributed by atoms with E-state index >= 15 is 0 Å². The molecule has 7 heteroatoms. The first-order valence-corrected chi connectivity index (χ1v) is 5.18. The maximum absolute atomic E-state index is 10.7. The average molecular weight is 240 g/mol. The average Bonchev–Trinajstić information content (AvgIpc) is 2.34. The lowest BCUT2D eigenvalue weighted by Crippen LogP contribution is -2.16. The number of primary amides is 1. The molecule has 0 radical (unpaired) electrons. The van der Waals surface area contributed by atoms with Gasteiger partial charge in [0.1, 0.15) is 5.82 Å². The van der Waals surface area contributed by atoms with E-state index in [1.807, 2.05) is 0 Å². The third-order valence-corrected chi connectivity index (χ3v) is 1.90. The maximum atomic E-state index is 10.7. The summed E-state index contributed by atoms with van der Waals surface area (Å²) < 4.78 is 10.1. The van der Waals surface area contributed by atoms with Gasteiger partial charge >= 0.3 is 0 Å². The number of amides is 1. The Hall–Kier alpha value is -1.73. The third-order valence-electron chi connectivity index (χ3n) is 1.90. The van der Waals surface area contributed by atoms with Crippen molar-refractivity contribution in [2.45, 2.75) is 0 Å². The molecule has 1 aromatic heterocycles. The number of methoxy groups -OCH3 is 1. The Kier molecular flexibility index (Phi) is 5.91. The molecule has 1 amide bonds. The molecule has 1 heterocycles. The molecule has 94 valence electrons. The second kappa shape index (κ2) is 7.53. The van der Waals surface area contributed by atoms with Gasteiger partial charge in [-0.15, -0.1) is 10.2 Å². The molecule has 0 unspecified atom stereocenters. The zero-order valence-corrected chi connectivity index (χ0v) is 9.68. The molecule has 3 N–H and O–H groups in total. The lowest BCUT2D eigenvalue weighted by atomic mass is 10.4. The highest BCUT2D eigenvalue weighted by Crippen LogP contribution is 2.00. The van der Waals surface area contributed by atoms with Crippen LogP contribution in [0.15, 0.2) is 12.1 Å². The van der Waals surface area contributed by atoms with E-state index in [0.717, 1.165) is 0 Å². The molecular weight excluding hydrogens is 224 g/mol. The van der Waals surface area contributed by atoms with Crippen molar-refractivity contribution in [3.8, 4) is 0 Å². The minimum atomic E-state index is -0.591. The fraction of sp³-hybridized carbons (Fsp3) is 0.500. The van der Waals surface area contributed by atoms with Crippen LogP contribution in [0.1, 0.15) is 10.5 Å². The van der Waals surface area contributed by atoms with Crippen LogP contribution < -0.4 is 11.1 Å². The lowest BCUT2D eigenvalue weighted by Gasteiger charge is -2.05. The number of anilines is 1. The van der Waals surface area contributed by atoms with Gasteiger partial charge in [-0.2, -0.15) is 0 Å². The Balaban J connectivity index is 2.21. The lowest BCUT2D eigenvalue weighted by molar-refractivity contribution is 0.0759. The van der Waals surface area contributed by atoms with Gasteiger partial charge in [0.05, 0.1) is 19.8 Å². The summed E-state index contributed by atoms with van der Waals surface area (Å²) in [6, 6.07) is 3.16. The zero-order chi connectivity index (χ0) is 12.5. The van der Waals surface area contributed by atoms with Crippen molar-refractivity contribution in [1.29, 1.82) is 0 Å². The van der Waals surface area contributed by atoms with E-state index in [1.165, 1.54) is 6.07 Å². The quantitative estimate of drug-likeness (QED) is 0.602. The van der Waals surface area contributed by atoms with Crippen LogP contribution in [0, 0.1) is 0 Å². The Labute approximate surface area is 99.3 Å². The minimum absolute atomic E-state index is 0.145. The second-order valence-corrected chi connectivity index (χ2v) is 3.20. The number of hydrogen-bond acceptors (Lipinski definition) is 6. The van der Waals surface area contributed by atoms with E-state index in [-0.39, 0.29) is 5.69 Å². The number of aromatic nitrogens is 2. The van der Waals surface area contributed by atoms with Crippen molar-refractivity contribution in [1.82, 2.24) is 10.2 Å². The van der Waals surface area contributed by atoms with Crippen LogP contribution in [0.2, 0.25) is 0 Å². The highest BCUT2D eigenvalue weighted by Gasteiger charge is 2.02. The van der Waals surface area contributed by atoms with Crippen LogP contribution in [-0.4, -0.2) is 49.6 Å². The molecule has 0 aliphatic rings. The summed E-state index contributed by atoms with van der Waals surface area (Å²) in [5, 5.41) is 10.4. The summed E-state index contributed by atoms with van der Waals surface area (Å²) in [5.41, 5.74) is 5.18. The fourth-order valence-electron chi connectivity index (χ4n) is 1.05. The summed E-state index contributed by atoms with van der Waals surface area (Å²) in [7, 11) is 1.62. The predicted octanol–water partition coefficient (Wildman–Crippen LogP) is -0.350. The van der Waals surface area contributed by atoms with Crippen molar-refractivity contribution in [3.63, 3.8) is 0 Å². The molecule has 0 saturated carbocycles. The highest BCUT2D eigenvalue weighted by atomic mass is 16.5. The molecule has 1 rings (SSSR count). The van der Waals surface area contributed by atoms with Crippen molar-refractivity contribution < 1.29 is 14.3 Å². The van der Waals surface area contributed by atoms with Gasteiger partial charge in [-0.05, 0) is 12.1 Å². The van der Waals surface area contributed by atoms with Gasteiger partial charge in [-0.25, -0.2) is 0 Å². The molecular formula is C10H16N4O3. The summed E-state index contributed by atoms with van der Waals surface area (Å²) in [4.78, 5) is 10.7. The number of ether oxygens (including phenoxy) is 2. The molecule has 0 bridgehead atoms. The molecule has 7 nitrogen and oxygen atoms in total. The van der Waals surface area contributed by atoms with Gasteiger partial charge in [-0.1, -0.05) is 0 Å². The first-order chi connectivity index (χ1) is 8.24. The predicted molar refractivity (Wildman–Crippen MR) is 61.7 cm³/mol. The third kappa shape index (κ3) is 5.23. The molecule has 0 fully saturated rings. The van der Waals surface area contributed by atoms with E-state index in [0.29, 0.717) is 32.2 Å².